The lowest BCUT2D eigenvalue weighted by atomic mass is 10.1. The lowest BCUT2D eigenvalue weighted by Gasteiger charge is -2.32. The minimum Gasteiger partial charge on any atom is -0.450 e. The van der Waals surface area contributed by atoms with Gasteiger partial charge in [-0.1, -0.05) is 18.2 Å². The van der Waals surface area contributed by atoms with Crippen molar-refractivity contribution in [2.75, 3.05) is 37.0 Å². The number of aromatic nitrogens is 2. The summed E-state index contributed by atoms with van der Waals surface area (Å²) in [6, 6.07) is 12.2. The van der Waals surface area contributed by atoms with Crippen molar-refractivity contribution in [2.24, 2.45) is 0 Å². The fourth-order valence-electron chi connectivity index (χ4n) is 2.99. The van der Waals surface area contributed by atoms with Crippen LogP contribution in [0.4, 0.5) is 22.2 Å². The lowest BCUT2D eigenvalue weighted by molar-refractivity contribution is 0.0983. The second-order valence-corrected chi connectivity index (χ2v) is 6.24. The monoisotopic (exact) mass is 355 g/mol. The van der Waals surface area contributed by atoms with Crippen molar-refractivity contribution < 1.29 is 9.53 Å². The molecule has 7 heteroatoms. The predicted molar refractivity (Wildman–Crippen MR) is 102 cm³/mol. The van der Waals surface area contributed by atoms with Gasteiger partial charge in [-0.15, -0.1) is 0 Å². The van der Waals surface area contributed by atoms with Crippen LogP contribution in [0.15, 0.2) is 42.6 Å². The molecule has 1 aliphatic heterocycles. The zero-order valence-electron chi connectivity index (χ0n) is 15.3. The largest absolute Gasteiger partial charge is 0.450 e. The number of piperidine rings is 1. The van der Waals surface area contributed by atoms with E-state index in [4.69, 9.17) is 4.74 Å². The van der Waals surface area contributed by atoms with Gasteiger partial charge in [0.1, 0.15) is 5.82 Å². The maximum Gasteiger partial charge on any atom is 0.409 e. The molecular formula is C19H25N5O2. The van der Waals surface area contributed by atoms with Crippen LogP contribution >= 0.6 is 0 Å². The summed E-state index contributed by atoms with van der Waals surface area (Å²) >= 11 is 0. The third kappa shape index (κ3) is 4.41. The smallest absolute Gasteiger partial charge is 0.409 e. The SMILES string of the molecule is CCOC(=O)N1CCC(Nc2ccnc(N(C)c3ccccc3)n2)CC1. The van der Waals surface area contributed by atoms with Gasteiger partial charge in [0, 0.05) is 38.1 Å². The third-order valence-electron chi connectivity index (χ3n) is 4.46. The Balaban J connectivity index is 1.59. The molecule has 1 saturated heterocycles. The Kier molecular flexibility index (Phi) is 5.88. The fraction of sp³-hybridized carbons (Fsp3) is 0.421. The van der Waals surface area contributed by atoms with Crippen molar-refractivity contribution in [3.63, 3.8) is 0 Å². The topological polar surface area (TPSA) is 70.6 Å². The van der Waals surface area contributed by atoms with E-state index < -0.39 is 0 Å². The second kappa shape index (κ2) is 8.51. The molecule has 2 heterocycles. The summed E-state index contributed by atoms with van der Waals surface area (Å²) in [6.45, 7) is 3.62. The molecule has 0 aliphatic carbocycles. The fourth-order valence-corrected chi connectivity index (χ4v) is 2.99. The van der Waals surface area contributed by atoms with E-state index in [0.29, 0.717) is 25.6 Å². The number of ether oxygens (including phenoxy) is 1. The Bertz CT molecular complexity index is 717. The molecule has 0 unspecified atom stereocenters. The van der Waals surface area contributed by atoms with E-state index in [2.05, 4.69) is 15.3 Å². The van der Waals surface area contributed by atoms with Crippen LogP contribution in [0.1, 0.15) is 19.8 Å². The number of para-hydroxylation sites is 1. The summed E-state index contributed by atoms with van der Waals surface area (Å²) in [6.07, 6.45) is 3.27. The van der Waals surface area contributed by atoms with E-state index in [1.54, 1.807) is 11.1 Å². The van der Waals surface area contributed by atoms with Crippen LogP contribution in [0.3, 0.4) is 0 Å². The van der Waals surface area contributed by atoms with Gasteiger partial charge in [0.15, 0.2) is 0 Å². The molecule has 1 amide bonds. The maximum atomic E-state index is 11.8. The molecule has 7 nitrogen and oxygen atoms in total. The van der Waals surface area contributed by atoms with Crippen LogP contribution in [-0.4, -0.2) is 53.7 Å². The number of rotatable bonds is 5. The molecule has 0 atom stereocenters. The van der Waals surface area contributed by atoms with Gasteiger partial charge >= 0.3 is 6.09 Å². The summed E-state index contributed by atoms with van der Waals surface area (Å²) in [4.78, 5) is 24.5. The number of hydrogen-bond donors (Lipinski definition) is 1. The summed E-state index contributed by atoms with van der Waals surface area (Å²) in [7, 11) is 1.95. The molecule has 1 aliphatic rings. The van der Waals surface area contributed by atoms with Crippen molar-refractivity contribution in [3.05, 3.63) is 42.6 Å². The first-order chi connectivity index (χ1) is 12.7. The third-order valence-corrected chi connectivity index (χ3v) is 4.46. The Labute approximate surface area is 154 Å². The molecule has 138 valence electrons. The summed E-state index contributed by atoms with van der Waals surface area (Å²) in [5.41, 5.74) is 1.03. The molecule has 3 rings (SSSR count). The first kappa shape index (κ1) is 18.0. The summed E-state index contributed by atoms with van der Waals surface area (Å²) in [5.74, 6) is 1.44. The molecule has 1 N–H and O–H groups in total. The van der Waals surface area contributed by atoms with Gasteiger partial charge in [0.05, 0.1) is 6.61 Å². The highest BCUT2D eigenvalue weighted by Crippen LogP contribution is 2.21. The highest BCUT2D eigenvalue weighted by atomic mass is 16.6. The van der Waals surface area contributed by atoms with Crippen LogP contribution < -0.4 is 10.2 Å². The van der Waals surface area contributed by atoms with Gasteiger partial charge in [-0.2, -0.15) is 4.98 Å². The van der Waals surface area contributed by atoms with Crippen molar-refractivity contribution in [2.45, 2.75) is 25.8 Å². The van der Waals surface area contributed by atoms with Crippen molar-refractivity contribution in [3.8, 4) is 0 Å². The number of carbonyl (C=O) groups is 1. The molecular weight excluding hydrogens is 330 g/mol. The number of amides is 1. The molecule has 2 aromatic rings. The maximum absolute atomic E-state index is 11.8. The Morgan fingerprint density at radius 2 is 2.00 bits per heavy atom. The molecule has 0 saturated carbocycles. The predicted octanol–water partition coefficient (Wildman–Crippen LogP) is 3.28. The quantitative estimate of drug-likeness (QED) is 0.887. The van der Waals surface area contributed by atoms with E-state index in [0.717, 1.165) is 24.3 Å². The average Bonchev–Trinajstić information content (AvgIpc) is 2.69. The van der Waals surface area contributed by atoms with Crippen LogP contribution in [0.5, 0.6) is 0 Å². The molecule has 1 aromatic carbocycles. The van der Waals surface area contributed by atoms with Crippen molar-refractivity contribution in [1.29, 1.82) is 0 Å². The Hall–Kier alpha value is -2.83. The first-order valence-electron chi connectivity index (χ1n) is 8.97. The van der Waals surface area contributed by atoms with E-state index >= 15 is 0 Å². The van der Waals surface area contributed by atoms with Gasteiger partial charge in [0.25, 0.3) is 0 Å². The summed E-state index contributed by atoms with van der Waals surface area (Å²) < 4.78 is 5.06. The average molecular weight is 355 g/mol. The number of carbonyl (C=O) groups excluding carboxylic acids is 1. The van der Waals surface area contributed by atoms with Crippen LogP contribution in [-0.2, 0) is 4.74 Å². The van der Waals surface area contributed by atoms with E-state index in [1.165, 1.54) is 0 Å². The molecule has 0 bridgehead atoms. The molecule has 26 heavy (non-hydrogen) atoms. The number of anilines is 3. The molecule has 1 aromatic heterocycles. The highest BCUT2D eigenvalue weighted by molar-refractivity contribution is 5.67. The summed E-state index contributed by atoms with van der Waals surface area (Å²) in [5, 5.41) is 3.46. The minimum atomic E-state index is -0.222. The second-order valence-electron chi connectivity index (χ2n) is 6.24. The highest BCUT2D eigenvalue weighted by Gasteiger charge is 2.23. The van der Waals surface area contributed by atoms with Crippen LogP contribution in [0.2, 0.25) is 0 Å². The van der Waals surface area contributed by atoms with Gasteiger partial charge in [-0.05, 0) is 38.0 Å². The van der Waals surface area contributed by atoms with Crippen molar-refractivity contribution >= 4 is 23.5 Å². The first-order valence-corrected chi connectivity index (χ1v) is 8.97. The van der Waals surface area contributed by atoms with Crippen LogP contribution in [0.25, 0.3) is 0 Å². The Morgan fingerprint density at radius 1 is 1.27 bits per heavy atom. The van der Waals surface area contributed by atoms with E-state index in [9.17, 15) is 4.79 Å². The van der Waals surface area contributed by atoms with Crippen LogP contribution in [0, 0.1) is 0 Å². The van der Waals surface area contributed by atoms with Gasteiger partial charge in [0.2, 0.25) is 5.95 Å². The number of likely N-dealkylation sites (tertiary alicyclic amines) is 1. The lowest BCUT2D eigenvalue weighted by Crippen LogP contribution is -2.42. The van der Waals surface area contributed by atoms with E-state index in [1.807, 2.05) is 55.3 Å². The van der Waals surface area contributed by atoms with E-state index in [-0.39, 0.29) is 12.1 Å². The normalized spacial score (nSPS) is 14.8. The van der Waals surface area contributed by atoms with Gasteiger partial charge in [-0.25, -0.2) is 9.78 Å². The number of nitrogens with zero attached hydrogens (tertiary/aromatic N) is 4. The van der Waals surface area contributed by atoms with Gasteiger partial charge in [-0.3, -0.25) is 0 Å². The molecule has 0 radical (unpaired) electrons. The zero-order chi connectivity index (χ0) is 18.4. The standard InChI is InChI=1S/C19H25N5O2/c1-3-26-19(25)24-13-10-15(11-14-24)21-17-9-12-20-18(22-17)23(2)16-7-5-4-6-8-16/h4-9,12,15H,3,10-11,13-14H2,1-2H3,(H,20,21,22). The zero-order valence-corrected chi connectivity index (χ0v) is 15.3. The van der Waals surface area contributed by atoms with Gasteiger partial charge < -0.3 is 19.9 Å². The Morgan fingerprint density at radius 3 is 2.69 bits per heavy atom. The molecule has 1 fully saturated rings. The number of benzene rings is 1. The molecule has 0 spiro atoms. The number of hydrogen-bond acceptors (Lipinski definition) is 6. The van der Waals surface area contributed by atoms with Crippen molar-refractivity contribution in [1.82, 2.24) is 14.9 Å². The number of nitrogens with one attached hydrogen (secondary N) is 1. The minimum absolute atomic E-state index is 0.222.